The molecule has 0 radical (unpaired) electrons. The maximum Gasteiger partial charge on any atom is 0.355 e. The van der Waals surface area contributed by atoms with E-state index < -0.39 is 11.6 Å². The molecule has 8 nitrogen and oxygen atoms in total. The van der Waals surface area contributed by atoms with E-state index in [0.717, 1.165) is 17.1 Å². The smallest absolute Gasteiger partial charge is 0.355 e. The van der Waals surface area contributed by atoms with Crippen LogP contribution in [0.25, 0.3) is 0 Å². The lowest BCUT2D eigenvalue weighted by Crippen LogP contribution is -2.28. The van der Waals surface area contributed by atoms with Gasteiger partial charge in [-0.1, -0.05) is 13.0 Å². The second kappa shape index (κ2) is 11.6. The number of aromatic amines is 1. The van der Waals surface area contributed by atoms with Crippen LogP contribution in [0.15, 0.2) is 48.7 Å². The third-order valence-corrected chi connectivity index (χ3v) is 5.32. The van der Waals surface area contributed by atoms with Crippen LogP contribution >= 0.6 is 0 Å². The van der Waals surface area contributed by atoms with Gasteiger partial charge >= 0.3 is 5.97 Å². The van der Waals surface area contributed by atoms with Crippen LogP contribution in [0.4, 0.5) is 5.69 Å². The number of aromatic nitrogens is 2. The zero-order valence-corrected chi connectivity index (χ0v) is 21.0. The van der Waals surface area contributed by atoms with E-state index in [2.05, 4.69) is 20.6 Å². The number of anilines is 1. The van der Waals surface area contributed by atoms with E-state index in [1.807, 2.05) is 70.2 Å². The number of pyridine rings is 1. The van der Waals surface area contributed by atoms with Crippen LogP contribution in [0, 0.1) is 0 Å². The Kier molecular flexibility index (Phi) is 8.52. The van der Waals surface area contributed by atoms with Crippen molar-refractivity contribution in [3.05, 3.63) is 76.9 Å². The number of amides is 1. The third-order valence-electron chi connectivity index (χ3n) is 5.32. The molecule has 0 fully saturated rings. The average molecular weight is 479 g/mol. The lowest BCUT2D eigenvalue weighted by atomic mass is 10.0. The molecule has 0 spiro atoms. The van der Waals surface area contributed by atoms with Gasteiger partial charge in [0.2, 0.25) is 0 Å². The largest absolute Gasteiger partial charge is 0.497 e. The first-order chi connectivity index (χ1) is 16.7. The Labute approximate surface area is 206 Å². The summed E-state index contributed by atoms with van der Waals surface area (Å²) in [7, 11) is 1.62. The van der Waals surface area contributed by atoms with Gasteiger partial charge in [0.05, 0.1) is 19.2 Å². The number of methoxy groups -OCH3 is 1. The number of ether oxygens (including phenoxy) is 2. The second-order valence-electron chi connectivity index (χ2n) is 9.10. The zero-order chi connectivity index (χ0) is 25.4. The number of rotatable bonds is 10. The highest BCUT2D eigenvalue weighted by Gasteiger charge is 2.28. The Morgan fingerprint density at radius 3 is 2.43 bits per heavy atom. The third kappa shape index (κ3) is 7.09. The summed E-state index contributed by atoms with van der Waals surface area (Å²) >= 11 is 0. The van der Waals surface area contributed by atoms with E-state index in [0.29, 0.717) is 48.4 Å². The Morgan fingerprint density at radius 2 is 1.83 bits per heavy atom. The molecule has 1 amide bonds. The topological polar surface area (TPSA) is 105 Å². The van der Waals surface area contributed by atoms with Crippen LogP contribution in [0.1, 0.15) is 65.5 Å². The van der Waals surface area contributed by atoms with E-state index in [-0.39, 0.29) is 5.91 Å². The Morgan fingerprint density at radius 1 is 1.09 bits per heavy atom. The fraction of sp³-hybridized carbons (Fsp3) is 0.370. The van der Waals surface area contributed by atoms with Crippen molar-refractivity contribution in [3.63, 3.8) is 0 Å². The number of nitrogens with one attached hydrogen (secondary N) is 3. The summed E-state index contributed by atoms with van der Waals surface area (Å²) in [5, 5.41) is 6.29. The summed E-state index contributed by atoms with van der Waals surface area (Å²) in [6.45, 7) is 8.12. The maximum absolute atomic E-state index is 13.3. The van der Waals surface area contributed by atoms with Crippen molar-refractivity contribution in [2.24, 2.45) is 0 Å². The molecular weight excluding hydrogens is 444 g/mol. The van der Waals surface area contributed by atoms with E-state index in [9.17, 15) is 9.59 Å². The van der Waals surface area contributed by atoms with Crippen molar-refractivity contribution in [1.82, 2.24) is 15.3 Å². The number of carbonyl (C=O) groups is 2. The van der Waals surface area contributed by atoms with Crippen LogP contribution in [-0.2, 0) is 24.1 Å². The van der Waals surface area contributed by atoms with E-state index >= 15 is 0 Å². The Balaban J connectivity index is 1.85. The van der Waals surface area contributed by atoms with Crippen molar-refractivity contribution in [2.75, 3.05) is 19.0 Å². The van der Waals surface area contributed by atoms with Crippen LogP contribution < -0.4 is 15.4 Å². The first kappa shape index (κ1) is 25.8. The van der Waals surface area contributed by atoms with Gasteiger partial charge in [0.15, 0.2) is 0 Å². The van der Waals surface area contributed by atoms with Gasteiger partial charge in [0, 0.05) is 36.2 Å². The van der Waals surface area contributed by atoms with E-state index in [4.69, 9.17) is 9.47 Å². The van der Waals surface area contributed by atoms with Gasteiger partial charge in [-0.05, 0) is 69.2 Å². The predicted molar refractivity (Wildman–Crippen MR) is 136 cm³/mol. The van der Waals surface area contributed by atoms with Crippen molar-refractivity contribution in [3.8, 4) is 5.75 Å². The summed E-state index contributed by atoms with van der Waals surface area (Å²) in [6, 6.07) is 13.2. The SMILES string of the molecule is CCc1c(C(=O)OC(C)(C)C)[nH]c(CNc2ccc(OC)cc2)c1C(=O)NCCc1ccccn1. The summed E-state index contributed by atoms with van der Waals surface area (Å²) in [5.41, 5.74) is 3.14. The van der Waals surface area contributed by atoms with Crippen LogP contribution in [0.3, 0.4) is 0 Å². The molecule has 0 aliphatic heterocycles. The number of benzene rings is 1. The molecule has 3 rings (SSSR count). The molecule has 2 heterocycles. The molecule has 3 aromatic rings. The fourth-order valence-electron chi connectivity index (χ4n) is 3.70. The molecular formula is C27H34N4O4. The van der Waals surface area contributed by atoms with Crippen molar-refractivity contribution < 1.29 is 19.1 Å². The normalized spacial score (nSPS) is 11.1. The van der Waals surface area contributed by atoms with Crippen LogP contribution in [-0.4, -0.2) is 41.1 Å². The fourth-order valence-corrected chi connectivity index (χ4v) is 3.70. The summed E-state index contributed by atoms with van der Waals surface area (Å²) in [4.78, 5) is 33.7. The number of H-pyrrole nitrogens is 1. The molecule has 0 saturated heterocycles. The first-order valence-corrected chi connectivity index (χ1v) is 11.7. The quantitative estimate of drug-likeness (QED) is 0.370. The highest BCUT2D eigenvalue weighted by Crippen LogP contribution is 2.24. The molecule has 3 N–H and O–H groups in total. The monoisotopic (exact) mass is 478 g/mol. The maximum atomic E-state index is 13.3. The molecule has 0 saturated carbocycles. The molecule has 0 bridgehead atoms. The van der Waals surface area contributed by atoms with Crippen molar-refractivity contribution in [2.45, 2.75) is 52.7 Å². The minimum absolute atomic E-state index is 0.240. The van der Waals surface area contributed by atoms with Crippen LogP contribution in [0.2, 0.25) is 0 Å². The molecule has 0 atom stereocenters. The second-order valence-corrected chi connectivity index (χ2v) is 9.10. The first-order valence-electron chi connectivity index (χ1n) is 11.7. The average Bonchev–Trinajstić information content (AvgIpc) is 3.21. The van der Waals surface area contributed by atoms with Gasteiger partial charge in [-0.15, -0.1) is 0 Å². The Hall–Kier alpha value is -3.81. The standard InChI is InChI=1S/C27H34N4O4/c1-6-21-23(25(32)29-16-14-18-9-7-8-15-28-18)22(31-24(21)26(33)35-27(2,3)4)17-30-19-10-12-20(34-5)13-11-19/h7-13,15,30-31H,6,14,16-17H2,1-5H3,(H,29,32). The van der Waals surface area contributed by atoms with Crippen LogP contribution in [0.5, 0.6) is 5.75 Å². The lowest BCUT2D eigenvalue weighted by molar-refractivity contribution is 0.00622. The lowest BCUT2D eigenvalue weighted by Gasteiger charge is -2.19. The summed E-state index contributed by atoms with van der Waals surface area (Å²) in [5.74, 6) is 0.0341. The molecule has 1 aromatic carbocycles. The van der Waals surface area contributed by atoms with Crippen molar-refractivity contribution in [1.29, 1.82) is 0 Å². The van der Waals surface area contributed by atoms with Gasteiger partial charge in [-0.25, -0.2) is 4.79 Å². The number of nitrogens with zero attached hydrogens (tertiary/aromatic N) is 1. The van der Waals surface area contributed by atoms with Gasteiger partial charge < -0.3 is 25.1 Å². The number of hydrogen-bond acceptors (Lipinski definition) is 6. The minimum Gasteiger partial charge on any atom is -0.497 e. The van der Waals surface area contributed by atoms with Gasteiger partial charge in [0.1, 0.15) is 17.0 Å². The number of esters is 1. The Bertz CT molecular complexity index is 1130. The minimum atomic E-state index is -0.653. The molecule has 8 heteroatoms. The molecule has 0 unspecified atom stereocenters. The van der Waals surface area contributed by atoms with E-state index in [1.54, 1.807) is 13.3 Å². The van der Waals surface area contributed by atoms with Gasteiger partial charge in [0.25, 0.3) is 5.91 Å². The van der Waals surface area contributed by atoms with Crippen molar-refractivity contribution >= 4 is 17.6 Å². The summed E-state index contributed by atoms with van der Waals surface area (Å²) in [6.07, 6.45) is 2.84. The van der Waals surface area contributed by atoms with E-state index in [1.165, 1.54) is 0 Å². The highest BCUT2D eigenvalue weighted by molar-refractivity contribution is 6.01. The number of carbonyl (C=O) groups excluding carboxylic acids is 2. The molecule has 2 aromatic heterocycles. The van der Waals surface area contributed by atoms with Gasteiger partial charge in [-0.2, -0.15) is 0 Å². The molecule has 186 valence electrons. The molecule has 0 aliphatic rings. The molecule has 0 aliphatic carbocycles. The molecule has 35 heavy (non-hydrogen) atoms. The predicted octanol–water partition coefficient (Wildman–Crippen LogP) is 4.52. The zero-order valence-electron chi connectivity index (χ0n) is 21.0. The summed E-state index contributed by atoms with van der Waals surface area (Å²) < 4.78 is 10.8. The number of hydrogen-bond donors (Lipinski definition) is 3. The van der Waals surface area contributed by atoms with Gasteiger partial charge in [-0.3, -0.25) is 9.78 Å². The highest BCUT2D eigenvalue weighted by atomic mass is 16.6.